The van der Waals surface area contributed by atoms with Crippen LogP contribution in [0.3, 0.4) is 0 Å². The number of para-hydroxylation sites is 1. The number of rotatable bonds is 6. The number of quaternary nitrogens is 1. The van der Waals surface area contributed by atoms with E-state index in [-0.39, 0.29) is 11.9 Å². The highest BCUT2D eigenvalue weighted by Gasteiger charge is 2.52. The van der Waals surface area contributed by atoms with Crippen LogP contribution in [-0.2, 0) is 16.9 Å². The lowest BCUT2D eigenvalue weighted by Crippen LogP contribution is -3.09. The van der Waals surface area contributed by atoms with Crippen molar-refractivity contribution < 1.29 is 14.5 Å². The summed E-state index contributed by atoms with van der Waals surface area (Å²) in [5.41, 5.74) is 0.829. The molecule has 1 fully saturated rings. The van der Waals surface area contributed by atoms with Gasteiger partial charge in [-0.25, -0.2) is 14.7 Å². The van der Waals surface area contributed by atoms with Crippen molar-refractivity contribution in [2.75, 3.05) is 13.7 Å². The first-order chi connectivity index (χ1) is 13.5. The first kappa shape index (κ1) is 18.6. The molecule has 0 spiro atoms. The zero-order valence-corrected chi connectivity index (χ0v) is 16.8. The van der Waals surface area contributed by atoms with Gasteiger partial charge in [0, 0.05) is 0 Å². The van der Waals surface area contributed by atoms with Gasteiger partial charge in [-0.2, -0.15) is 0 Å². The number of thiazole rings is 1. The summed E-state index contributed by atoms with van der Waals surface area (Å²) in [5.74, 6) is -0.185. The predicted molar refractivity (Wildman–Crippen MR) is 109 cm³/mol. The molecule has 144 valence electrons. The fourth-order valence-corrected chi connectivity index (χ4v) is 4.79. The summed E-state index contributed by atoms with van der Waals surface area (Å²) in [6, 6.07) is 17.2. The van der Waals surface area contributed by atoms with Gasteiger partial charge in [-0.1, -0.05) is 49.4 Å². The van der Waals surface area contributed by atoms with Gasteiger partial charge in [0.2, 0.25) is 0 Å². The highest BCUT2D eigenvalue weighted by atomic mass is 32.1. The molecule has 7 heteroatoms. The van der Waals surface area contributed by atoms with Gasteiger partial charge in [0.1, 0.15) is 17.1 Å². The van der Waals surface area contributed by atoms with Crippen LogP contribution in [0.1, 0.15) is 23.9 Å². The molecule has 1 saturated heterocycles. The second-order valence-corrected chi connectivity index (χ2v) is 8.27. The van der Waals surface area contributed by atoms with E-state index >= 15 is 0 Å². The van der Waals surface area contributed by atoms with Gasteiger partial charge in [0.05, 0.1) is 17.3 Å². The van der Waals surface area contributed by atoms with Crippen molar-refractivity contribution in [3.63, 3.8) is 0 Å². The highest BCUT2D eigenvalue weighted by molar-refractivity contribution is 7.18. The van der Waals surface area contributed by atoms with Gasteiger partial charge in [0.15, 0.2) is 6.67 Å². The zero-order chi connectivity index (χ0) is 19.7. The molecule has 1 aliphatic rings. The Morgan fingerprint density at radius 1 is 1.11 bits per heavy atom. The van der Waals surface area contributed by atoms with Crippen molar-refractivity contribution in [2.45, 2.75) is 25.4 Å². The van der Waals surface area contributed by atoms with Crippen LogP contribution in [0, 0.1) is 0 Å². The molecule has 2 heterocycles. The molecular formula is C21H23N4O2S+. The van der Waals surface area contributed by atoms with Crippen molar-refractivity contribution in [3.05, 3.63) is 65.2 Å². The molecule has 4 rings (SSSR count). The minimum absolute atomic E-state index is 0.185. The molecule has 0 saturated carbocycles. The van der Waals surface area contributed by atoms with Crippen molar-refractivity contribution in [1.29, 1.82) is 0 Å². The number of imide groups is 1. The number of nitrogens with zero attached hydrogens (tertiary/aromatic N) is 2. The summed E-state index contributed by atoms with van der Waals surface area (Å²) >= 11 is 1.65. The molecule has 2 aromatic carbocycles. The van der Waals surface area contributed by atoms with Crippen LogP contribution in [0.15, 0.2) is 54.6 Å². The lowest BCUT2D eigenvalue weighted by Gasteiger charge is -2.26. The summed E-state index contributed by atoms with van der Waals surface area (Å²) in [4.78, 5) is 32.9. The molecule has 1 aromatic heterocycles. The maximum Gasteiger partial charge on any atom is 0.329 e. The van der Waals surface area contributed by atoms with Crippen LogP contribution in [0.2, 0.25) is 0 Å². The Bertz CT molecular complexity index is 986. The smallest absolute Gasteiger partial charge is 0.319 e. The quantitative estimate of drug-likeness (QED) is 0.629. The molecule has 2 N–H and O–H groups in total. The molecule has 6 nitrogen and oxygen atoms in total. The third-order valence-corrected chi connectivity index (χ3v) is 6.23. The Morgan fingerprint density at radius 2 is 1.82 bits per heavy atom. The Balaban J connectivity index is 1.51. The van der Waals surface area contributed by atoms with Gasteiger partial charge in [-0.3, -0.25) is 4.79 Å². The van der Waals surface area contributed by atoms with Crippen LogP contribution in [0.4, 0.5) is 4.79 Å². The van der Waals surface area contributed by atoms with Crippen LogP contribution >= 0.6 is 11.3 Å². The van der Waals surface area contributed by atoms with E-state index in [4.69, 9.17) is 0 Å². The highest BCUT2D eigenvalue weighted by Crippen LogP contribution is 2.31. The molecule has 2 atom stereocenters. The fraction of sp³-hybridized carbons (Fsp3) is 0.286. The summed E-state index contributed by atoms with van der Waals surface area (Å²) in [6.07, 6.45) is 0.509. The van der Waals surface area contributed by atoms with Crippen LogP contribution in [0.5, 0.6) is 0 Å². The first-order valence-electron chi connectivity index (χ1n) is 9.39. The number of benzene rings is 2. The monoisotopic (exact) mass is 395 g/mol. The molecule has 3 aromatic rings. The van der Waals surface area contributed by atoms with Crippen molar-refractivity contribution >= 4 is 33.5 Å². The van der Waals surface area contributed by atoms with Crippen LogP contribution < -0.4 is 10.2 Å². The van der Waals surface area contributed by atoms with E-state index in [2.05, 4.69) is 16.4 Å². The number of nitrogens with one attached hydrogen (secondary N) is 2. The molecule has 3 amide bonds. The predicted octanol–water partition coefficient (Wildman–Crippen LogP) is 2.13. The minimum Gasteiger partial charge on any atom is -0.319 e. The number of carbonyl (C=O) groups excluding carboxylic acids is 2. The van der Waals surface area contributed by atoms with Gasteiger partial charge < -0.3 is 10.2 Å². The summed E-state index contributed by atoms with van der Waals surface area (Å²) in [7, 11) is 1.97. The lowest BCUT2D eigenvalue weighted by molar-refractivity contribution is -0.901. The zero-order valence-electron chi connectivity index (χ0n) is 15.9. The molecule has 0 aliphatic carbocycles. The van der Waals surface area contributed by atoms with E-state index in [9.17, 15) is 9.59 Å². The van der Waals surface area contributed by atoms with E-state index < -0.39 is 5.54 Å². The number of fused-ring (bicyclic) bond motifs is 1. The topological polar surface area (TPSA) is 66.7 Å². The van der Waals surface area contributed by atoms with Gasteiger partial charge >= 0.3 is 6.03 Å². The number of hydrogen-bond acceptors (Lipinski definition) is 4. The van der Waals surface area contributed by atoms with E-state index in [0.717, 1.165) is 25.7 Å². The third-order valence-electron chi connectivity index (χ3n) is 5.19. The molecule has 1 unspecified atom stereocenters. The SMILES string of the molecule is CC[C@]1(c2ccccc2)NC(=O)N(C[NH+](C)Cc2nc3ccccc3s2)C1=O. The molecule has 28 heavy (non-hydrogen) atoms. The normalized spacial score (nSPS) is 20.6. The molecule has 1 aliphatic heterocycles. The van der Waals surface area contributed by atoms with Crippen molar-refractivity contribution in [1.82, 2.24) is 15.2 Å². The number of urea groups is 1. The summed E-state index contributed by atoms with van der Waals surface area (Å²) in [6.45, 7) is 2.88. The molecule has 0 bridgehead atoms. The standard InChI is InChI=1S/C21H22N4O2S/c1-3-21(15-9-5-4-6-10-15)19(26)25(20(27)23-21)14-24(2)13-18-22-16-11-7-8-12-17(16)28-18/h4-12H,3,13-14H2,1-2H3,(H,23,27)/p+1/t21-/m1/s1. The Labute approximate surface area is 167 Å². The maximum absolute atomic E-state index is 13.2. The number of aromatic nitrogens is 1. The molecular weight excluding hydrogens is 372 g/mol. The van der Waals surface area contributed by atoms with E-state index in [1.165, 1.54) is 4.90 Å². The Kier molecular flexibility index (Phi) is 4.87. The first-order valence-corrected chi connectivity index (χ1v) is 10.2. The van der Waals surface area contributed by atoms with Crippen molar-refractivity contribution in [2.24, 2.45) is 0 Å². The number of hydrogen-bond donors (Lipinski definition) is 2. The van der Waals surface area contributed by atoms with E-state index in [1.54, 1.807) is 11.3 Å². The summed E-state index contributed by atoms with van der Waals surface area (Å²) < 4.78 is 1.15. The average molecular weight is 396 g/mol. The maximum atomic E-state index is 13.2. The number of amides is 3. The second kappa shape index (κ2) is 7.33. The van der Waals surface area contributed by atoms with Crippen LogP contribution in [0.25, 0.3) is 10.2 Å². The third kappa shape index (κ3) is 3.16. The number of carbonyl (C=O) groups is 2. The Morgan fingerprint density at radius 3 is 2.54 bits per heavy atom. The Hall–Kier alpha value is -2.77. The lowest BCUT2D eigenvalue weighted by atomic mass is 9.87. The summed E-state index contributed by atoms with van der Waals surface area (Å²) in [5, 5.41) is 3.93. The average Bonchev–Trinajstić information content (AvgIpc) is 3.22. The molecule has 0 radical (unpaired) electrons. The van der Waals surface area contributed by atoms with Gasteiger partial charge in [0.25, 0.3) is 5.91 Å². The largest absolute Gasteiger partial charge is 0.329 e. The fourth-order valence-electron chi connectivity index (χ4n) is 3.71. The second-order valence-electron chi connectivity index (χ2n) is 7.16. The van der Waals surface area contributed by atoms with E-state index in [0.29, 0.717) is 19.6 Å². The van der Waals surface area contributed by atoms with Gasteiger partial charge in [-0.05, 0) is 24.1 Å². The van der Waals surface area contributed by atoms with E-state index in [1.807, 2.05) is 62.5 Å². The minimum atomic E-state index is -0.978. The van der Waals surface area contributed by atoms with Crippen LogP contribution in [-0.4, -0.2) is 35.5 Å². The van der Waals surface area contributed by atoms with Gasteiger partial charge in [-0.15, -0.1) is 11.3 Å². The van der Waals surface area contributed by atoms with Crippen molar-refractivity contribution in [3.8, 4) is 0 Å².